The summed E-state index contributed by atoms with van der Waals surface area (Å²) in [6.45, 7) is 10.0. The van der Waals surface area contributed by atoms with Crippen LogP contribution in [0, 0.1) is 17.8 Å². The van der Waals surface area contributed by atoms with E-state index in [0.717, 1.165) is 24.4 Å². The quantitative estimate of drug-likeness (QED) is 0.537. The van der Waals surface area contributed by atoms with Crippen LogP contribution in [-0.4, -0.2) is 12.2 Å². The van der Waals surface area contributed by atoms with Crippen molar-refractivity contribution in [2.75, 3.05) is 6.61 Å². The average Bonchev–Trinajstić information content (AvgIpc) is 2.07. The van der Waals surface area contributed by atoms with E-state index in [-0.39, 0.29) is 5.60 Å². The van der Waals surface area contributed by atoms with Crippen molar-refractivity contribution in [3.05, 3.63) is 11.6 Å². The van der Waals surface area contributed by atoms with Crippen LogP contribution in [0.5, 0.6) is 0 Å². The van der Waals surface area contributed by atoms with Gasteiger partial charge in [-0.25, -0.2) is 0 Å². The second kappa shape index (κ2) is 3.37. The molecule has 0 aromatic rings. The van der Waals surface area contributed by atoms with E-state index in [1.165, 1.54) is 12.8 Å². The van der Waals surface area contributed by atoms with Gasteiger partial charge in [0.05, 0.1) is 12.2 Å². The zero-order chi connectivity index (χ0) is 10.3. The molecule has 0 amide bonds. The van der Waals surface area contributed by atoms with Crippen molar-refractivity contribution in [2.24, 2.45) is 17.8 Å². The molecule has 2 rings (SSSR count). The molecule has 0 radical (unpaired) electrons. The van der Waals surface area contributed by atoms with Crippen molar-refractivity contribution in [3.8, 4) is 0 Å². The first-order chi connectivity index (χ1) is 6.48. The molecule has 1 fully saturated rings. The molecule has 0 aromatic carbocycles. The summed E-state index contributed by atoms with van der Waals surface area (Å²) in [6.07, 6.45) is 5.02. The third-order valence-corrected chi connectivity index (χ3v) is 3.93. The Labute approximate surface area is 87.5 Å². The van der Waals surface area contributed by atoms with Gasteiger partial charge in [0, 0.05) is 0 Å². The number of fused-ring (bicyclic) bond motifs is 1. The molecular weight excluding hydrogens is 172 g/mol. The van der Waals surface area contributed by atoms with Gasteiger partial charge in [-0.3, -0.25) is 0 Å². The summed E-state index contributed by atoms with van der Waals surface area (Å²) >= 11 is 0. The Kier molecular flexibility index (Phi) is 2.46. The van der Waals surface area contributed by atoms with E-state index in [1.54, 1.807) is 5.57 Å². The molecule has 14 heavy (non-hydrogen) atoms. The van der Waals surface area contributed by atoms with Gasteiger partial charge in [0.1, 0.15) is 0 Å². The first-order valence-corrected chi connectivity index (χ1v) is 5.80. The number of ether oxygens (including phenoxy) is 1. The van der Waals surface area contributed by atoms with Crippen LogP contribution in [0.15, 0.2) is 11.6 Å². The number of hydrogen-bond acceptors (Lipinski definition) is 1. The maximum Gasteiger partial charge on any atom is 0.0632 e. The lowest BCUT2D eigenvalue weighted by Crippen LogP contribution is -2.41. The molecule has 1 nitrogen and oxygen atoms in total. The van der Waals surface area contributed by atoms with E-state index in [4.69, 9.17) is 4.74 Å². The Hall–Kier alpha value is -0.300. The molecule has 1 heteroatoms. The van der Waals surface area contributed by atoms with Crippen LogP contribution in [0.25, 0.3) is 0 Å². The minimum atomic E-state index is 0.0958. The van der Waals surface area contributed by atoms with E-state index >= 15 is 0 Å². The molecule has 1 unspecified atom stereocenters. The van der Waals surface area contributed by atoms with Crippen molar-refractivity contribution >= 4 is 0 Å². The minimum Gasteiger partial charge on any atom is -0.375 e. The Morgan fingerprint density at radius 1 is 1.43 bits per heavy atom. The third kappa shape index (κ3) is 1.88. The van der Waals surface area contributed by atoms with Crippen molar-refractivity contribution in [1.29, 1.82) is 0 Å². The van der Waals surface area contributed by atoms with E-state index in [9.17, 15) is 0 Å². The van der Waals surface area contributed by atoms with E-state index in [1.807, 2.05) is 0 Å². The molecule has 3 atom stereocenters. The van der Waals surface area contributed by atoms with Crippen LogP contribution in [0.3, 0.4) is 0 Å². The average molecular weight is 194 g/mol. The third-order valence-electron chi connectivity index (χ3n) is 3.93. The molecule has 0 aromatic heterocycles. The molecule has 1 saturated heterocycles. The van der Waals surface area contributed by atoms with E-state index < -0.39 is 0 Å². The fourth-order valence-electron chi connectivity index (χ4n) is 2.83. The number of rotatable bonds is 0. The predicted molar refractivity (Wildman–Crippen MR) is 59.2 cm³/mol. The fourth-order valence-corrected chi connectivity index (χ4v) is 2.83. The maximum atomic E-state index is 5.89. The zero-order valence-corrected chi connectivity index (χ0v) is 9.84. The highest BCUT2D eigenvalue weighted by Crippen LogP contribution is 2.41. The summed E-state index contributed by atoms with van der Waals surface area (Å²) in [6, 6.07) is 0. The topological polar surface area (TPSA) is 9.23 Å². The molecule has 1 heterocycles. The summed E-state index contributed by atoms with van der Waals surface area (Å²) in [5.74, 6) is 2.32. The lowest BCUT2D eigenvalue weighted by Gasteiger charge is -2.43. The van der Waals surface area contributed by atoms with Gasteiger partial charge < -0.3 is 4.74 Å². The number of allylic oxidation sites excluding steroid dienone is 2. The second-order valence-corrected chi connectivity index (χ2v) is 5.75. The maximum absolute atomic E-state index is 5.89. The fraction of sp³-hybridized carbons (Fsp3) is 0.846. The highest BCUT2D eigenvalue weighted by Gasteiger charge is 2.37. The molecule has 0 N–H and O–H groups in total. The van der Waals surface area contributed by atoms with Gasteiger partial charge in [-0.1, -0.05) is 18.6 Å². The summed E-state index contributed by atoms with van der Waals surface area (Å²) < 4.78 is 5.89. The van der Waals surface area contributed by atoms with Crippen LogP contribution >= 0.6 is 0 Å². The van der Waals surface area contributed by atoms with Gasteiger partial charge in [0.2, 0.25) is 0 Å². The summed E-state index contributed by atoms with van der Waals surface area (Å²) in [4.78, 5) is 0. The standard InChI is InChI=1S/C13H22O/c1-9-5-11-7-13(3,4)14-8-12(11)6-10(9)2/h5,10-12H,6-8H2,1-4H3/t10?,11-,12+/m0/s1. The van der Waals surface area contributed by atoms with Crippen LogP contribution in [0.4, 0.5) is 0 Å². The van der Waals surface area contributed by atoms with Crippen LogP contribution < -0.4 is 0 Å². The van der Waals surface area contributed by atoms with E-state index in [2.05, 4.69) is 33.8 Å². The summed E-state index contributed by atoms with van der Waals surface area (Å²) in [7, 11) is 0. The smallest absolute Gasteiger partial charge is 0.0632 e. The monoisotopic (exact) mass is 194 g/mol. The first kappa shape index (κ1) is 10.2. The van der Waals surface area contributed by atoms with Crippen molar-refractivity contribution < 1.29 is 4.74 Å². The first-order valence-electron chi connectivity index (χ1n) is 5.80. The summed E-state index contributed by atoms with van der Waals surface area (Å²) in [5.41, 5.74) is 1.68. The van der Waals surface area contributed by atoms with Crippen LogP contribution in [-0.2, 0) is 4.74 Å². The lowest BCUT2D eigenvalue weighted by atomic mass is 9.71. The second-order valence-electron chi connectivity index (χ2n) is 5.75. The van der Waals surface area contributed by atoms with Crippen molar-refractivity contribution in [1.82, 2.24) is 0 Å². The lowest BCUT2D eigenvalue weighted by molar-refractivity contribution is -0.0987. The number of hydrogen-bond donors (Lipinski definition) is 0. The highest BCUT2D eigenvalue weighted by atomic mass is 16.5. The van der Waals surface area contributed by atoms with E-state index in [0.29, 0.717) is 0 Å². The van der Waals surface area contributed by atoms with Gasteiger partial charge in [-0.15, -0.1) is 0 Å². The molecule has 0 saturated carbocycles. The molecule has 1 aliphatic carbocycles. The van der Waals surface area contributed by atoms with Gasteiger partial charge >= 0.3 is 0 Å². The van der Waals surface area contributed by atoms with Crippen molar-refractivity contribution in [3.63, 3.8) is 0 Å². The summed E-state index contributed by atoms with van der Waals surface area (Å²) in [5, 5.41) is 0. The largest absolute Gasteiger partial charge is 0.375 e. The molecular formula is C13H22O. The Morgan fingerprint density at radius 2 is 2.14 bits per heavy atom. The molecule has 1 aliphatic heterocycles. The Morgan fingerprint density at radius 3 is 2.86 bits per heavy atom. The predicted octanol–water partition coefficient (Wildman–Crippen LogP) is 3.40. The molecule has 0 bridgehead atoms. The van der Waals surface area contributed by atoms with Gasteiger partial charge in [0.15, 0.2) is 0 Å². The van der Waals surface area contributed by atoms with Gasteiger partial charge in [-0.2, -0.15) is 0 Å². The minimum absolute atomic E-state index is 0.0958. The SMILES string of the molecule is CC1=C[C@H]2CC(C)(C)OC[C@H]2CC1C. The van der Waals surface area contributed by atoms with Crippen molar-refractivity contribution in [2.45, 2.75) is 46.1 Å². The Balaban J connectivity index is 2.14. The Bertz CT molecular complexity index is 252. The highest BCUT2D eigenvalue weighted by molar-refractivity contribution is 5.12. The zero-order valence-electron chi connectivity index (χ0n) is 9.84. The van der Waals surface area contributed by atoms with Gasteiger partial charge in [0.25, 0.3) is 0 Å². The molecule has 80 valence electrons. The molecule has 2 aliphatic rings. The normalized spacial score (nSPS) is 41.4. The van der Waals surface area contributed by atoms with Crippen LogP contribution in [0.2, 0.25) is 0 Å². The van der Waals surface area contributed by atoms with Crippen LogP contribution in [0.1, 0.15) is 40.5 Å². The molecule has 0 spiro atoms. The van der Waals surface area contributed by atoms with Gasteiger partial charge in [-0.05, 0) is 51.4 Å².